The van der Waals surface area contributed by atoms with E-state index in [1.54, 1.807) is 0 Å². The highest BCUT2D eigenvalue weighted by atomic mass is 16.4. The highest BCUT2D eigenvalue weighted by Crippen LogP contribution is 2.04. The molecule has 2 atom stereocenters. The van der Waals surface area contributed by atoms with Crippen molar-refractivity contribution < 1.29 is 14.7 Å². The van der Waals surface area contributed by atoms with Crippen LogP contribution in [-0.4, -0.2) is 29.2 Å². The van der Waals surface area contributed by atoms with Crippen LogP contribution >= 0.6 is 0 Å². The first-order valence-corrected chi connectivity index (χ1v) is 5.66. The monoisotopic (exact) mass is 230 g/mol. The summed E-state index contributed by atoms with van der Waals surface area (Å²) >= 11 is 0. The largest absolute Gasteiger partial charge is 0.480 e. The Bertz CT molecular complexity index is 241. The summed E-state index contributed by atoms with van der Waals surface area (Å²) in [5, 5.41) is 14.1. The van der Waals surface area contributed by atoms with Gasteiger partial charge in [-0.15, -0.1) is 0 Å². The molecule has 0 saturated heterocycles. The van der Waals surface area contributed by atoms with Crippen molar-refractivity contribution >= 4 is 12.0 Å². The first-order valence-electron chi connectivity index (χ1n) is 5.66. The van der Waals surface area contributed by atoms with E-state index in [2.05, 4.69) is 10.6 Å². The predicted octanol–water partition coefficient (Wildman–Crippen LogP) is 1.58. The van der Waals surface area contributed by atoms with Crippen LogP contribution in [0.4, 0.5) is 4.79 Å². The molecule has 0 saturated carbocycles. The number of nitrogens with one attached hydrogen (secondary N) is 2. The van der Waals surface area contributed by atoms with Gasteiger partial charge in [0.05, 0.1) is 0 Å². The molecule has 5 heteroatoms. The normalized spacial score (nSPS) is 14.3. The van der Waals surface area contributed by atoms with Gasteiger partial charge in [-0.2, -0.15) is 0 Å². The highest BCUT2D eigenvalue weighted by molar-refractivity contribution is 5.82. The third kappa shape index (κ3) is 6.27. The minimum Gasteiger partial charge on any atom is -0.480 e. The number of hydrogen-bond donors (Lipinski definition) is 3. The van der Waals surface area contributed by atoms with Crippen molar-refractivity contribution in [3.8, 4) is 0 Å². The van der Waals surface area contributed by atoms with Crippen molar-refractivity contribution in [3.63, 3.8) is 0 Å². The zero-order valence-electron chi connectivity index (χ0n) is 10.4. The highest BCUT2D eigenvalue weighted by Gasteiger charge is 2.21. The van der Waals surface area contributed by atoms with Gasteiger partial charge in [-0.25, -0.2) is 9.59 Å². The number of aliphatic carboxylic acids is 1. The summed E-state index contributed by atoms with van der Waals surface area (Å²) in [6.07, 6.45) is 1.25. The topological polar surface area (TPSA) is 78.4 Å². The number of carboxylic acid groups (broad SMARTS) is 1. The number of carbonyl (C=O) groups is 2. The zero-order valence-corrected chi connectivity index (χ0v) is 10.4. The van der Waals surface area contributed by atoms with E-state index < -0.39 is 18.0 Å². The molecule has 0 aliphatic carbocycles. The van der Waals surface area contributed by atoms with Gasteiger partial charge in [-0.1, -0.05) is 20.8 Å². The van der Waals surface area contributed by atoms with E-state index in [0.29, 0.717) is 6.42 Å². The zero-order chi connectivity index (χ0) is 12.7. The average molecular weight is 230 g/mol. The summed E-state index contributed by atoms with van der Waals surface area (Å²) in [5.74, 6) is -0.766. The molecular weight excluding hydrogens is 208 g/mol. The SMILES string of the molecule is CC[C@@H](C)NC(=O)N[C@H](CC(C)C)C(=O)O. The van der Waals surface area contributed by atoms with Crippen molar-refractivity contribution in [2.24, 2.45) is 5.92 Å². The van der Waals surface area contributed by atoms with Crippen LogP contribution in [-0.2, 0) is 4.79 Å². The smallest absolute Gasteiger partial charge is 0.326 e. The molecule has 0 aromatic carbocycles. The molecule has 0 heterocycles. The summed E-state index contributed by atoms with van der Waals surface area (Å²) in [6, 6.07) is -1.18. The molecule has 5 nitrogen and oxygen atoms in total. The van der Waals surface area contributed by atoms with Crippen LogP contribution in [0.2, 0.25) is 0 Å². The Balaban J connectivity index is 4.18. The van der Waals surface area contributed by atoms with Crippen LogP contribution < -0.4 is 10.6 Å². The lowest BCUT2D eigenvalue weighted by atomic mass is 10.0. The molecule has 0 radical (unpaired) electrons. The summed E-state index contributed by atoms with van der Waals surface area (Å²) in [6.45, 7) is 7.67. The number of carboxylic acids is 1. The van der Waals surface area contributed by atoms with Gasteiger partial charge in [-0.05, 0) is 25.7 Å². The van der Waals surface area contributed by atoms with E-state index in [9.17, 15) is 9.59 Å². The quantitative estimate of drug-likeness (QED) is 0.648. The second kappa shape index (κ2) is 7.09. The second-order valence-corrected chi connectivity index (χ2v) is 4.45. The van der Waals surface area contributed by atoms with E-state index in [4.69, 9.17) is 5.11 Å². The Kier molecular flexibility index (Phi) is 6.53. The van der Waals surface area contributed by atoms with Crippen LogP contribution in [0.15, 0.2) is 0 Å². The van der Waals surface area contributed by atoms with Gasteiger partial charge in [0.15, 0.2) is 0 Å². The van der Waals surface area contributed by atoms with Crippen molar-refractivity contribution in [1.29, 1.82) is 0 Å². The van der Waals surface area contributed by atoms with Gasteiger partial charge in [0, 0.05) is 6.04 Å². The molecule has 0 spiro atoms. The fourth-order valence-corrected chi connectivity index (χ4v) is 1.22. The molecule has 3 N–H and O–H groups in total. The van der Waals surface area contributed by atoms with Crippen LogP contribution in [0.25, 0.3) is 0 Å². The van der Waals surface area contributed by atoms with Crippen LogP contribution in [0, 0.1) is 5.92 Å². The first kappa shape index (κ1) is 14.7. The Morgan fingerprint density at radius 3 is 2.12 bits per heavy atom. The fourth-order valence-electron chi connectivity index (χ4n) is 1.22. The number of rotatable bonds is 6. The number of carbonyl (C=O) groups excluding carboxylic acids is 1. The second-order valence-electron chi connectivity index (χ2n) is 4.45. The number of amides is 2. The predicted molar refractivity (Wildman–Crippen MR) is 62.3 cm³/mol. The number of hydrogen-bond acceptors (Lipinski definition) is 2. The molecular formula is C11H22N2O3. The lowest BCUT2D eigenvalue weighted by Crippen LogP contribution is -2.48. The Morgan fingerprint density at radius 1 is 1.19 bits per heavy atom. The van der Waals surface area contributed by atoms with Crippen molar-refractivity contribution in [2.75, 3.05) is 0 Å². The lowest BCUT2D eigenvalue weighted by Gasteiger charge is -2.18. The van der Waals surface area contributed by atoms with Gasteiger partial charge in [0.1, 0.15) is 6.04 Å². The summed E-state index contributed by atoms with van der Waals surface area (Å²) in [5.41, 5.74) is 0. The molecule has 0 aromatic heterocycles. The molecule has 0 rings (SSSR count). The summed E-state index contributed by atoms with van der Waals surface area (Å²) in [7, 11) is 0. The van der Waals surface area contributed by atoms with Gasteiger partial charge >= 0.3 is 12.0 Å². The molecule has 16 heavy (non-hydrogen) atoms. The Hall–Kier alpha value is -1.26. The molecule has 0 bridgehead atoms. The van der Waals surface area contributed by atoms with Crippen molar-refractivity contribution in [3.05, 3.63) is 0 Å². The first-order chi connectivity index (χ1) is 7.36. The maximum atomic E-state index is 11.4. The van der Waals surface area contributed by atoms with Gasteiger partial charge in [-0.3, -0.25) is 0 Å². The molecule has 0 unspecified atom stereocenters. The summed E-state index contributed by atoms with van der Waals surface area (Å²) < 4.78 is 0. The maximum Gasteiger partial charge on any atom is 0.326 e. The Labute approximate surface area is 96.6 Å². The van der Waals surface area contributed by atoms with Crippen LogP contribution in [0.5, 0.6) is 0 Å². The van der Waals surface area contributed by atoms with E-state index in [1.165, 1.54) is 0 Å². The summed E-state index contributed by atoms with van der Waals surface area (Å²) in [4.78, 5) is 22.3. The van der Waals surface area contributed by atoms with Crippen molar-refractivity contribution in [2.45, 2.75) is 52.6 Å². The minimum atomic E-state index is -0.993. The van der Waals surface area contributed by atoms with Crippen LogP contribution in [0.3, 0.4) is 0 Å². The standard InChI is InChI=1S/C11H22N2O3/c1-5-8(4)12-11(16)13-9(10(14)15)6-7(2)3/h7-9H,5-6H2,1-4H3,(H,14,15)(H2,12,13,16)/t8-,9-/m1/s1. The molecule has 0 aliphatic rings. The third-order valence-corrected chi connectivity index (χ3v) is 2.30. The van der Waals surface area contributed by atoms with E-state index in [1.807, 2.05) is 27.7 Å². The third-order valence-electron chi connectivity index (χ3n) is 2.30. The van der Waals surface area contributed by atoms with Gasteiger partial charge < -0.3 is 15.7 Å². The lowest BCUT2D eigenvalue weighted by molar-refractivity contribution is -0.139. The molecule has 0 aromatic rings. The number of urea groups is 1. The van der Waals surface area contributed by atoms with E-state index in [-0.39, 0.29) is 12.0 Å². The fraction of sp³-hybridized carbons (Fsp3) is 0.818. The van der Waals surface area contributed by atoms with Crippen LogP contribution in [0.1, 0.15) is 40.5 Å². The molecule has 0 fully saturated rings. The molecule has 2 amide bonds. The van der Waals surface area contributed by atoms with E-state index >= 15 is 0 Å². The molecule has 0 aliphatic heterocycles. The maximum absolute atomic E-state index is 11.4. The Morgan fingerprint density at radius 2 is 1.75 bits per heavy atom. The van der Waals surface area contributed by atoms with Crippen molar-refractivity contribution in [1.82, 2.24) is 10.6 Å². The molecule has 94 valence electrons. The van der Waals surface area contributed by atoms with Gasteiger partial charge in [0.2, 0.25) is 0 Å². The van der Waals surface area contributed by atoms with Gasteiger partial charge in [0.25, 0.3) is 0 Å². The minimum absolute atomic E-state index is 0.0495. The van der Waals surface area contributed by atoms with E-state index in [0.717, 1.165) is 6.42 Å². The average Bonchev–Trinajstić information content (AvgIpc) is 2.15.